The topological polar surface area (TPSA) is 3.24 Å². The van der Waals surface area contributed by atoms with Gasteiger partial charge in [0, 0.05) is 42.4 Å². The van der Waals surface area contributed by atoms with Gasteiger partial charge in [-0.1, -0.05) is 162 Å². The molecule has 1 aliphatic carbocycles. The lowest BCUT2D eigenvalue weighted by Gasteiger charge is -2.33. The van der Waals surface area contributed by atoms with Gasteiger partial charge >= 0.3 is 0 Å². The molecular formula is C57H45NS. The van der Waals surface area contributed by atoms with Crippen molar-refractivity contribution >= 4 is 70.1 Å². The summed E-state index contributed by atoms with van der Waals surface area (Å²) in [6.45, 7) is 11.7. The second-order valence-corrected chi connectivity index (χ2v) is 18.8. The predicted molar refractivity (Wildman–Crippen MR) is 256 cm³/mol. The van der Waals surface area contributed by atoms with Crippen LogP contribution in [-0.2, 0) is 10.8 Å². The van der Waals surface area contributed by atoms with Crippen molar-refractivity contribution in [2.24, 2.45) is 0 Å². The summed E-state index contributed by atoms with van der Waals surface area (Å²) in [5.41, 5.74) is 14.9. The second kappa shape index (κ2) is 13.3. The molecule has 9 aromatic carbocycles. The summed E-state index contributed by atoms with van der Waals surface area (Å²) < 4.78 is 2.61. The van der Waals surface area contributed by atoms with E-state index in [4.69, 9.17) is 0 Å². The zero-order valence-electron chi connectivity index (χ0n) is 34.2. The smallest absolute Gasteiger partial charge is 0.0546 e. The molecule has 0 saturated heterocycles. The Morgan fingerprint density at radius 2 is 1.12 bits per heavy atom. The van der Waals surface area contributed by atoms with Crippen LogP contribution in [0.5, 0.6) is 0 Å². The Labute approximate surface area is 350 Å². The second-order valence-electron chi connectivity index (χ2n) is 17.7. The monoisotopic (exact) mass is 775 g/mol. The van der Waals surface area contributed by atoms with Crippen LogP contribution in [0.3, 0.4) is 0 Å². The van der Waals surface area contributed by atoms with E-state index in [1.807, 2.05) is 11.3 Å². The van der Waals surface area contributed by atoms with E-state index in [0.717, 1.165) is 17.1 Å². The molecule has 0 saturated carbocycles. The van der Waals surface area contributed by atoms with Gasteiger partial charge in [0.05, 0.1) is 11.4 Å². The number of hydrogen-bond acceptors (Lipinski definition) is 2. The third-order valence-corrected chi connectivity index (χ3v) is 13.9. The van der Waals surface area contributed by atoms with Crippen molar-refractivity contribution < 1.29 is 0 Å². The Hall–Kier alpha value is -6.48. The fourth-order valence-corrected chi connectivity index (χ4v) is 10.8. The van der Waals surface area contributed by atoms with E-state index in [-0.39, 0.29) is 10.8 Å². The quantitative estimate of drug-likeness (QED) is 0.168. The van der Waals surface area contributed by atoms with Gasteiger partial charge < -0.3 is 4.90 Å². The number of fused-ring (bicyclic) bond motifs is 8. The maximum atomic E-state index is 2.57. The molecule has 284 valence electrons. The highest BCUT2D eigenvalue weighted by molar-refractivity contribution is 7.25. The Balaban J connectivity index is 1.24. The number of nitrogens with zero attached hydrogens (tertiary/aromatic N) is 1. The summed E-state index contributed by atoms with van der Waals surface area (Å²) in [6, 6.07) is 68.4. The van der Waals surface area contributed by atoms with Crippen LogP contribution >= 0.6 is 11.3 Å². The van der Waals surface area contributed by atoms with Gasteiger partial charge in [0.2, 0.25) is 0 Å². The van der Waals surface area contributed by atoms with Gasteiger partial charge in [-0.25, -0.2) is 0 Å². The molecule has 10 aromatic rings. The molecule has 2 heteroatoms. The van der Waals surface area contributed by atoms with Crippen LogP contribution in [0.25, 0.3) is 75.1 Å². The van der Waals surface area contributed by atoms with E-state index in [9.17, 15) is 0 Å². The van der Waals surface area contributed by atoms with Crippen LogP contribution < -0.4 is 4.90 Å². The molecule has 59 heavy (non-hydrogen) atoms. The predicted octanol–water partition coefficient (Wildman–Crippen LogP) is 16.8. The molecule has 1 heterocycles. The van der Waals surface area contributed by atoms with E-state index in [2.05, 4.69) is 222 Å². The number of benzene rings is 9. The van der Waals surface area contributed by atoms with Crippen molar-refractivity contribution in [1.82, 2.24) is 0 Å². The minimum absolute atomic E-state index is 0.0242. The van der Waals surface area contributed by atoms with Crippen LogP contribution in [0.4, 0.5) is 17.1 Å². The van der Waals surface area contributed by atoms with Gasteiger partial charge in [-0.2, -0.15) is 0 Å². The van der Waals surface area contributed by atoms with Gasteiger partial charge in [0.25, 0.3) is 0 Å². The highest BCUT2D eigenvalue weighted by Gasteiger charge is 2.37. The third kappa shape index (κ3) is 5.65. The van der Waals surface area contributed by atoms with E-state index in [0.29, 0.717) is 0 Å². The Kier molecular flexibility index (Phi) is 8.03. The molecule has 0 N–H and O–H groups in total. The molecular weight excluding hydrogens is 731 g/mol. The van der Waals surface area contributed by atoms with Crippen molar-refractivity contribution in [1.29, 1.82) is 0 Å². The number of thiophene rings is 1. The first-order valence-corrected chi connectivity index (χ1v) is 21.6. The zero-order chi connectivity index (χ0) is 40.0. The number of rotatable bonds is 5. The SMILES string of the molecule is CC(C)(C)c1ccc(N(c2ccc3c(c2)C(C)(C)c2cc4ccccc4cc2-3)c2ccc3ccccc3c2-c2cccc3sc4ccccc4c23)c(-c2ccccc2)c1. The van der Waals surface area contributed by atoms with Crippen LogP contribution in [0, 0.1) is 0 Å². The van der Waals surface area contributed by atoms with E-state index in [1.165, 1.54) is 91.8 Å². The van der Waals surface area contributed by atoms with Gasteiger partial charge in [0.15, 0.2) is 0 Å². The van der Waals surface area contributed by atoms with E-state index in [1.54, 1.807) is 0 Å². The zero-order valence-corrected chi connectivity index (χ0v) is 35.0. The first kappa shape index (κ1) is 35.7. The third-order valence-electron chi connectivity index (χ3n) is 12.8. The summed E-state index contributed by atoms with van der Waals surface area (Å²) in [5, 5.41) is 7.66. The highest BCUT2D eigenvalue weighted by atomic mass is 32.1. The molecule has 0 fully saturated rings. The van der Waals surface area contributed by atoms with Gasteiger partial charge in [-0.05, 0) is 121 Å². The van der Waals surface area contributed by atoms with Crippen molar-refractivity contribution in [2.75, 3.05) is 4.90 Å². The lowest BCUT2D eigenvalue weighted by Crippen LogP contribution is -2.18. The Morgan fingerprint density at radius 1 is 0.458 bits per heavy atom. The van der Waals surface area contributed by atoms with Crippen LogP contribution in [0.2, 0.25) is 0 Å². The molecule has 0 aliphatic heterocycles. The maximum Gasteiger partial charge on any atom is 0.0546 e. The lowest BCUT2D eigenvalue weighted by atomic mass is 9.81. The number of hydrogen-bond donors (Lipinski definition) is 0. The molecule has 1 aliphatic rings. The van der Waals surface area contributed by atoms with Gasteiger partial charge in [0.1, 0.15) is 0 Å². The minimum atomic E-state index is -0.192. The average molecular weight is 776 g/mol. The van der Waals surface area contributed by atoms with Gasteiger partial charge in [-0.15, -0.1) is 11.3 Å². The number of anilines is 3. The van der Waals surface area contributed by atoms with Crippen LogP contribution in [0.15, 0.2) is 182 Å². The van der Waals surface area contributed by atoms with Gasteiger partial charge in [-0.3, -0.25) is 0 Å². The van der Waals surface area contributed by atoms with Crippen LogP contribution in [-0.4, -0.2) is 0 Å². The Bertz CT molecular complexity index is 3290. The van der Waals surface area contributed by atoms with Crippen LogP contribution in [0.1, 0.15) is 51.3 Å². The minimum Gasteiger partial charge on any atom is -0.309 e. The molecule has 0 bridgehead atoms. The first-order chi connectivity index (χ1) is 28.6. The fourth-order valence-electron chi connectivity index (χ4n) is 9.72. The standard InChI is InChI=1S/C57H45NS/c1-56(2,3)40-27-31-50(46(34-40)36-16-7-6-8-17-36)58(41-28-29-43-47-32-38-19-9-10-20-39(38)33-48(47)57(4,5)49(43)35-41)51-30-26-37-18-11-12-21-42(37)54(51)45-23-15-25-53-55(45)44-22-13-14-24-52(44)59-53/h6-35H,1-5H3. The molecule has 0 atom stereocenters. The normalized spacial score (nSPS) is 13.3. The largest absolute Gasteiger partial charge is 0.309 e. The summed E-state index contributed by atoms with van der Waals surface area (Å²) in [5.74, 6) is 0. The van der Waals surface area contributed by atoms with Crippen molar-refractivity contribution in [3.05, 3.63) is 199 Å². The molecule has 0 spiro atoms. The summed E-state index contributed by atoms with van der Waals surface area (Å²) in [4.78, 5) is 2.57. The molecule has 1 nitrogen and oxygen atoms in total. The Morgan fingerprint density at radius 3 is 1.92 bits per heavy atom. The molecule has 0 radical (unpaired) electrons. The highest BCUT2D eigenvalue weighted by Crippen LogP contribution is 2.54. The summed E-state index contributed by atoms with van der Waals surface area (Å²) in [7, 11) is 0. The summed E-state index contributed by atoms with van der Waals surface area (Å²) >= 11 is 1.88. The van der Waals surface area contributed by atoms with E-state index < -0.39 is 0 Å². The van der Waals surface area contributed by atoms with Crippen molar-refractivity contribution in [2.45, 2.75) is 45.4 Å². The lowest BCUT2D eigenvalue weighted by molar-refractivity contribution is 0.590. The maximum absolute atomic E-state index is 2.57. The fraction of sp³-hybridized carbons (Fsp3) is 0.123. The molecule has 0 amide bonds. The average Bonchev–Trinajstić information content (AvgIpc) is 3.74. The molecule has 11 rings (SSSR count). The first-order valence-electron chi connectivity index (χ1n) is 20.8. The van der Waals surface area contributed by atoms with E-state index >= 15 is 0 Å². The van der Waals surface area contributed by atoms with Crippen molar-refractivity contribution in [3.63, 3.8) is 0 Å². The molecule has 1 aromatic heterocycles. The summed E-state index contributed by atoms with van der Waals surface area (Å²) in [6.07, 6.45) is 0. The van der Waals surface area contributed by atoms with Crippen molar-refractivity contribution in [3.8, 4) is 33.4 Å². The molecule has 0 unspecified atom stereocenters.